The van der Waals surface area contributed by atoms with Crippen molar-refractivity contribution in [2.45, 2.75) is 25.8 Å². The molecule has 0 aromatic heterocycles. The lowest BCUT2D eigenvalue weighted by Crippen LogP contribution is -2.43. The number of nitrogens with one attached hydrogen (secondary N) is 1. The zero-order valence-electron chi connectivity index (χ0n) is 14.2. The quantitative estimate of drug-likeness (QED) is 0.828. The van der Waals surface area contributed by atoms with Gasteiger partial charge in [0.25, 0.3) is 10.2 Å². The lowest BCUT2D eigenvalue weighted by Gasteiger charge is -2.34. The molecule has 3 rings (SSSR count). The maximum Gasteiger partial charge on any atom is 0.282 e. The molecule has 2 saturated heterocycles. The molecule has 5 nitrogen and oxygen atoms in total. The molecule has 1 aromatic carbocycles. The van der Waals surface area contributed by atoms with Crippen LogP contribution in [0.25, 0.3) is 0 Å². The number of piperidine rings is 1. The normalized spacial score (nSPS) is 20.8. The Hall–Kier alpha value is -0.440. The van der Waals surface area contributed by atoms with Gasteiger partial charge in [-0.25, -0.2) is 4.39 Å². The Morgan fingerprint density at radius 1 is 1.32 bits per heavy atom. The van der Waals surface area contributed by atoms with Crippen LogP contribution >= 0.6 is 24.0 Å². The second kappa shape index (κ2) is 8.06. The Bertz CT molecular complexity index is 691. The van der Waals surface area contributed by atoms with E-state index in [0.717, 1.165) is 32.4 Å². The van der Waals surface area contributed by atoms with Gasteiger partial charge in [0.05, 0.1) is 0 Å². The molecule has 0 saturated carbocycles. The van der Waals surface area contributed by atoms with Crippen LogP contribution in [-0.4, -0.2) is 50.3 Å². The van der Waals surface area contributed by atoms with Gasteiger partial charge in [0, 0.05) is 37.3 Å². The van der Waals surface area contributed by atoms with E-state index in [1.165, 1.54) is 27.8 Å². The van der Waals surface area contributed by atoms with Gasteiger partial charge in [0.2, 0.25) is 0 Å². The lowest BCUT2D eigenvalue weighted by atomic mass is 9.78. The van der Waals surface area contributed by atoms with Crippen molar-refractivity contribution < 1.29 is 12.8 Å². The highest BCUT2D eigenvalue weighted by Crippen LogP contribution is 2.40. The summed E-state index contributed by atoms with van der Waals surface area (Å²) in [5, 5.41) is 3.57. The number of hydrogen-bond acceptors (Lipinski definition) is 3. The smallest absolute Gasteiger partial charge is 0.282 e. The van der Waals surface area contributed by atoms with Crippen molar-refractivity contribution in [2.75, 3.05) is 33.2 Å². The van der Waals surface area contributed by atoms with Gasteiger partial charge >= 0.3 is 0 Å². The minimum absolute atomic E-state index is 0. The van der Waals surface area contributed by atoms with Crippen LogP contribution < -0.4 is 5.32 Å². The predicted molar refractivity (Wildman–Crippen MR) is 99.8 cm³/mol. The van der Waals surface area contributed by atoms with Gasteiger partial charge in [-0.2, -0.15) is 17.0 Å². The van der Waals surface area contributed by atoms with Crippen molar-refractivity contribution in [3.8, 4) is 0 Å². The monoisotopic (exact) mass is 411 g/mol. The van der Waals surface area contributed by atoms with Crippen LogP contribution in [0.4, 0.5) is 4.39 Å². The Balaban J connectivity index is 0.00000225. The standard InChI is InChI=1S/C16H23ClFN3O2S.ClH/c1-20(11-13-14(17)3-2-4-15(13)18)24(22,23)21-10-7-16(12-21)5-8-19-9-6-16;/h2-4,19H,5-12H2,1H3;1H. The highest BCUT2D eigenvalue weighted by molar-refractivity contribution is 7.86. The van der Waals surface area contributed by atoms with Gasteiger partial charge in [-0.3, -0.25) is 0 Å². The minimum Gasteiger partial charge on any atom is -0.317 e. The molecule has 9 heteroatoms. The highest BCUT2D eigenvalue weighted by atomic mass is 35.5. The molecule has 0 unspecified atom stereocenters. The SMILES string of the molecule is CN(Cc1c(F)cccc1Cl)S(=O)(=O)N1CCC2(CCNCC2)C1.Cl. The maximum absolute atomic E-state index is 13.9. The average molecular weight is 412 g/mol. The van der Waals surface area contributed by atoms with E-state index in [2.05, 4.69) is 5.32 Å². The van der Waals surface area contributed by atoms with Gasteiger partial charge in [0.1, 0.15) is 5.82 Å². The zero-order valence-corrected chi connectivity index (χ0v) is 16.6. The summed E-state index contributed by atoms with van der Waals surface area (Å²) < 4.78 is 42.4. The Labute approximate surface area is 160 Å². The maximum atomic E-state index is 13.9. The van der Waals surface area contributed by atoms with Crippen LogP contribution in [0.15, 0.2) is 18.2 Å². The summed E-state index contributed by atoms with van der Waals surface area (Å²) >= 11 is 6.02. The van der Waals surface area contributed by atoms with Crippen molar-refractivity contribution in [3.05, 3.63) is 34.6 Å². The molecular formula is C16H24Cl2FN3O2S. The van der Waals surface area contributed by atoms with E-state index in [0.29, 0.717) is 13.1 Å². The summed E-state index contributed by atoms with van der Waals surface area (Å²) in [6.07, 6.45) is 2.89. The number of halogens is 3. The molecule has 0 bridgehead atoms. The Kier molecular flexibility index (Phi) is 6.73. The molecule has 1 aromatic rings. The van der Waals surface area contributed by atoms with E-state index >= 15 is 0 Å². The fourth-order valence-electron chi connectivity index (χ4n) is 3.64. The van der Waals surface area contributed by atoms with Gasteiger partial charge in [-0.1, -0.05) is 17.7 Å². The molecule has 0 radical (unpaired) electrons. The Morgan fingerprint density at radius 3 is 2.64 bits per heavy atom. The van der Waals surface area contributed by atoms with Crippen LogP contribution in [0.3, 0.4) is 0 Å². The third kappa shape index (κ3) is 4.28. The number of nitrogens with zero attached hydrogens (tertiary/aromatic N) is 2. The van der Waals surface area contributed by atoms with E-state index in [4.69, 9.17) is 11.6 Å². The van der Waals surface area contributed by atoms with Crippen molar-refractivity contribution in [1.29, 1.82) is 0 Å². The first-order valence-corrected chi connectivity index (χ1v) is 9.97. The molecule has 2 fully saturated rings. The van der Waals surface area contributed by atoms with E-state index in [9.17, 15) is 12.8 Å². The van der Waals surface area contributed by atoms with E-state index in [-0.39, 0.29) is 35.0 Å². The first-order chi connectivity index (χ1) is 11.3. The molecule has 142 valence electrons. The molecule has 2 aliphatic rings. The van der Waals surface area contributed by atoms with Crippen LogP contribution in [-0.2, 0) is 16.8 Å². The van der Waals surface area contributed by atoms with Crippen molar-refractivity contribution in [1.82, 2.24) is 13.9 Å². The van der Waals surface area contributed by atoms with Crippen LogP contribution in [0.5, 0.6) is 0 Å². The predicted octanol–water partition coefficient (Wildman–Crippen LogP) is 2.65. The van der Waals surface area contributed by atoms with Gasteiger partial charge < -0.3 is 5.32 Å². The van der Waals surface area contributed by atoms with Crippen LogP contribution in [0.1, 0.15) is 24.8 Å². The summed E-state index contributed by atoms with van der Waals surface area (Å²) in [4.78, 5) is 0. The number of rotatable bonds is 4. The third-order valence-electron chi connectivity index (χ3n) is 5.23. The minimum atomic E-state index is -3.62. The summed E-state index contributed by atoms with van der Waals surface area (Å²) in [5.74, 6) is -0.485. The molecule has 2 aliphatic heterocycles. The zero-order chi connectivity index (χ0) is 17.4. The first kappa shape index (κ1) is 20.9. The molecule has 0 amide bonds. The summed E-state index contributed by atoms with van der Waals surface area (Å²) in [6.45, 7) is 2.88. The van der Waals surface area contributed by atoms with Crippen LogP contribution in [0, 0.1) is 11.2 Å². The highest BCUT2D eigenvalue weighted by Gasteiger charge is 2.44. The Morgan fingerprint density at radius 2 is 2.00 bits per heavy atom. The second-order valence-corrected chi connectivity index (χ2v) is 9.24. The summed E-state index contributed by atoms with van der Waals surface area (Å²) in [6, 6.07) is 4.37. The first-order valence-electron chi connectivity index (χ1n) is 8.19. The fraction of sp³-hybridized carbons (Fsp3) is 0.625. The van der Waals surface area contributed by atoms with Gasteiger partial charge in [0.15, 0.2) is 0 Å². The van der Waals surface area contributed by atoms with Gasteiger partial charge in [-0.05, 0) is 49.9 Å². The van der Waals surface area contributed by atoms with Crippen molar-refractivity contribution in [2.24, 2.45) is 5.41 Å². The molecular weight excluding hydrogens is 388 g/mol. The van der Waals surface area contributed by atoms with Crippen molar-refractivity contribution in [3.63, 3.8) is 0 Å². The van der Waals surface area contributed by atoms with E-state index in [1.807, 2.05) is 0 Å². The topological polar surface area (TPSA) is 52.7 Å². The lowest BCUT2D eigenvalue weighted by molar-refractivity contribution is 0.216. The molecule has 0 atom stereocenters. The largest absolute Gasteiger partial charge is 0.317 e. The second-order valence-electron chi connectivity index (χ2n) is 6.80. The number of hydrogen-bond donors (Lipinski definition) is 1. The average Bonchev–Trinajstić information content (AvgIpc) is 2.96. The third-order valence-corrected chi connectivity index (χ3v) is 7.47. The van der Waals surface area contributed by atoms with E-state index in [1.54, 1.807) is 6.07 Å². The molecule has 25 heavy (non-hydrogen) atoms. The van der Waals surface area contributed by atoms with Crippen LogP contribution in [0.2, 0.25) is 5.02 Å². The molecule has 0 aliphatic carbocycles. The molecule has 2 heterocycles. The fourth-order valence-corrected chi connectivity index (χ4v) is 5.31. The van der Waals surface area contributed by atoms with E-state index < -0.39 is 16.0 Å². The molecule has 1 spiro atoms. The summed E-state index contributed by atoms with van der Waals surface area (Å²) in [5.41, 5.74) is 0.301. The number of benzene rings is 1. The molecule has 1 N–H and O–H groups in total. The summed E-state index contributed by atoms with van der Waals surface area (Å²) in [7, 11) is -2.15. The van der Waals surface area contributed by atoms with Gasteiger partial charge in [-0.15, -0.1) is 12.4 Å². The van der Waals surface area contributed by atoms with Crippen molar-refractivity contribution >= 4 is 34.2 Å².